The molecule has 7 heteroatoms. The van der Waals surface area contributed by atoms with Crippen molar-refractivity contribution in [3.05, 3.63) is 28.8 Å². The monoisotopic (exact) mass is 286 g/mol. The zero-order chi connectivity index (χ0) is 14.4. The topological polar surface area (TPSA) is 87.7 Å². The van der Waals surface area contributed by atoms with Gasteiger partial charge in [0.25, 0.3) is 5.91 Å². The van der Waals surface area contributed by atoms with E-state index in [-0.39, 0.29) is 23.8 Å². The van der Waals surface area contributed by atoms with E-state index in [1.54, 1.807) is 6.92 Å². The highest BCUT2D eigenvalue weighted by Crippen LogP contribution is 2.20. The molecule has 0 heterocycles. The van der Waals surface area contributed by atoms with Gasteiger partial charge < -0.3 is 9.84 Å². The number of phenolic OH excluding ortho intramolecular Hbond substituents is 1. The molecule has 104 valence electrons. The van der Waals surface area contributed by atoms with E-state index in [4.69, 9.17) is 16.3 Å². The fourth-order valence-corrected chi connectivity index (χ4v) is 1.45. The first-order chi connectivity index (χ1) is 8.93. The summed E-state index contributed by atoms with van der Waals surface area (Å²) in [5.41, 5.74) is 4.38. The van der Waals surface area contributed by atoms with Gasteiger partial charge in [0.2, 0.25) is 5.91 Å². The average Bonchev–Trinajstić information content (AvgIpc) is 2.38. The molecule has 0 aliphatic rings. The SMILES string of the molecule is COC(C)CC(=O)NNC(=O)c1cc(Cl)ccc1O. The van der Waals surface area contributed by atoms with Crippen LogP contribution >= 0.6 is 11.6 Å². The Balaban J connectivity index is 2.56. The first kappa shape index (κ1) is 15.3. The summed E-state index contributed by atoms with van der Waals surface area (Å²) < 4.78 is 4.92. The molecule has 0 bridgehead atoms. The number of rotatable bonds is 4. The molecule has 0 aromatic heterocycles. The fraction of sp³-hybridized carbons (Fsp3) is 0.333. The van der Waals surface area contributed by atoms with E-state index in [2.05, 4.69) is 10.9 Å². The number of carbonyl (C=O) groups excluding carboxylic acids is 2. The number of hydrogen-bond donors (Lipinski definition) is 3. The predicted molar refractivity (Wildman–Crippen MR) is 69.8 cm³/mol. The zero-order valence-corrected chi connectivity index (χ0v) is 11.3. The van der Waals surface area contributed by atoms with Gasteiger partial charge >= 0.3 is 0 Å². The van der Waals surface area contributed by atoms with Gasteiger partial charge in [0.05, 0.1) is 18.1 Å². The molecule has 6 nitrogen and oxygen atoms in total. The van der Waals surface area contributed by atoms with Crippen LogP contribution in [0.25, 0.3) is 0 Å². The van der Waals surface area contributed by atoms with Crippen LogP contribution in [0.2, 0.25) is 5.02 Å². The lowest BCUT2D eigenvalue weighted by atomic mass is 10.2. The average molecular weight is 287 g/mol. The van der Waals surface area contributed by atoms with Crippen LogP contribution in [0.4, 0.5) is 0 Å². The summed E-state index contributed by atoms with van der Waals surface area (Å²) in [6.45, 7) is 1.73. The number of hydrazine groups is 1. The second kappa shape index (κ2) is 6.96. The van der Waals surface area contributed by atoms with Crippen molar-refractivity contribution >= 4 is 23.4 Å². The number of hydrogen-bond acceptors (Lipinski definition) is 4. The second-order valence-corrected chi connectivity index (χ2v) is 4.35. The molecular formula is C12H15ClN2O4. The highest BCUT2D eigenvalue weighted by atomic mass is 35.5. The molecule has 2 amide bonds. The van der Waals surface area contributed by atoms with E-state index in [0.717, 1.165) is 0 Å². The van der Waals surface area contributed by atoms with Gasteiger partial charge in [0.15, 0.2) is 0 Å². The van der Waals surface area contributed by atoms with Crippen LogP contribution in [-0.4, -0.2) is 30.1 Å². The van der Waals surface area contributed by atoms with E-state index < -0.39 is 11.8 Å². The number of methoxy groups -OCH3 is 1. The lowest BCUT2D eigenvalue weighted by Crippen LogP contribution is -2.42. The van der Waals surface area contributed by atoms with Gasteiger partial charge in [-0.15, -0.1) is 0 Å². The van der Waals surface area contributed by atoms with Gasteiger partial charge in [-0.1, -0.05) is 11.6 Å². The zero-order valence-electron chi connectivity index (χ0n) is 10.6. The van der Waals surface area contributed by atoms with Crippen molar-refractivity contribution in [2.75, 3.05) is 7.11 Å². The maximum atomic E-state index is 11.7. The number of aromatic hydroxyl groups is 1. The highest BCUT2D eigenvalue weighted by Gasteiger charge is 2.13. The minimum atomic E-state index is -0.654. The molecule has 1 atom stereocenters. The van der Waals surface area contributed by atoms with Crippen LogP contribution in [0.1, 0.15) is 23.7 Å². The van der Waals surface area contributed by atoms with Crippen molar-refractivity contribution in [2.45, 2.75) is 19.4 Å². The lowest BCUT2D eigenvalue weighted by molar-refractivity contribution is -0.124. The Hall–Kier alpha value is -1.79. The Morgan fingerprint density at radius 1 is 1.42 bits per heavy atom. The quantitative estimate of drug-likeness (QED) is 0.727. The van der Waals surface area contributed by atoms with Gasteiger partial charge in [0, 0.05) is 12.1 Å². The van der Waals surface area contributed by atoms with Crippen molar-refractivity contribution in [2.24, 2.45) is 0 Å². The summed E-state index contributed by atoms with van der Waals surface area (Å²) in [6.07, 6.45) is -0.144. The van der Waals surface area contributed by atoms with Crippen molar-refractivity contribution in [3.8, 4) is 5.75 Å². The van der Waals surface area contributed by atoms with E-state index >= 15 is 0 Å². The third-order valence-corrected chi connectivity index (χ3v) is 2.63. The molecule has 1 rings (SSSR count). The van der Waals surface area contributed by atoms with Crippen LogP contribution in [0, 0.1) is 0 Å². The molecule has 19 heavy (non-hydrogen) atoms. The van der Waals surface area contributed by atoms with Crippen LogP contribution in [-0.2, 0) is 9.53 Å². The Bertz CT molecular complexity index is 479. The summed E-state index contributed by atoms with van der Waals surface area (Å²) in [5.74, 6) is -1.27. The first-order valence-corrected chi connectivity index (χ1v) is 5.92. The Labute approximate surface area is 115 Å². The number of amides is 2. The molecule has 0 fully saturated rings. The smallest absolute Gasteiger partial charge is 0.273 e. The summed E-state index contributed by atoms with van der Waals surface area (Å²) in [7, 11) is 1.49. The van der Waals surface area contributed by atoms with Gasteiger partial charge in [-0.25, -0.2) is 0 Å². The molecule has 1 unspecified atom stereocenters. The molecule has 3 N–H and O–H groups in total. The van der Waals surface area contributed by atoms with Crippen molar-refractivity contribution in [1.29, 1.82) is 0 Å². The number of phenols is 1. The molecule has 0 radical (unpaired) electrons. The minimum Gasteiger partial charge on any atom is -0.507 e. The minimum absolute atomic E-state index is 0.0208. The first-order valence-electron chi connectivity index (χ1n) is 5.54. The number of carbonyl (C=O) groups is 2. The maximum absolute atomic E-state index is 11.7. The van der Waals surface area contributed by atoms with Gasteiger partial charge in [0.1, 0.15) is 5.75 Å². The van der Waals surface area contributed by atoms with Crippen molar-refractivity contribution in [3.63, 3.8) is 0 Å². The summed E-state index contributed by atoms with van der Waals surface area (Å²) in [6, 6.07) is 4.05. The van der Waals surface area contributed by atoms with Crippen LogP contribution in [0.3, 0.4) is 0 Å². The molecule has 0 aliphatic carbocycles. The molecule has 1 aromatic rings. The third-order valence-electron chi connectivity index (χ3n) is 2.39. The predicted octanol–water partition coefficient (Wildman–Crippen LogP) is 1.23. The normalized spacial score (nSPS) is 11.7. The van der Waals surface area contributed by atoms with Crippen molar-refractivity contribution < 1.29 is 19.4 Å². The molecule has 1 aromatic carbocycles. The third kappa shape index (κ3) is 4.76. The number of nitrogens with one attached hydrogen (secondary N) is 2. The standard InChI is InChI=1S/C12H15ClN2O4/c1-7(19-2)5-11(17)14-15-12(18)9-6-8(13)3-4-10(9)16/h3-4,6-7,16H,5H2,1-2H3,(H,14,17)(H,15,18). The largest absolute Gasteiger partial charge is 0.507 e. The fourth-order valence-electron chi connectivity index (χ4n) is 1.28. The van der Waals surface area contributed by atoms with E-state index in [1.165, 1.54) is 25.3 Å². The number of halogens is 1. The molecule has 0 aliphatic heterocycles. The van der Waals surface area contributed by atoms with E-state index in [9.17, 15) is 14.7 Å². The van der Waals surface area contributed by atoms with Gasteiger partial charge in [-0.3, -0.25) is 20.4 Å². The molecular weight excluding hydrogens is 272 g/mol. The van der Waals surface area contributed by atoms with E-state index in [1.807, 2.05) is 0 Å². The summed E-state index contributed by atoms with van der Waals surface area (Å²) >= 11 is 5.72. The summed E-state index contributed by atoms with van der Waals surface area (Å²) in [4.78, 5) is 23.1. The lowest BCUT2D eigenvalue weighted by Gasteiger charge is -2.11. The number of ether oxygens (including phenoxy) is 1. The van der Waals surface area contributed by atoms with Gasteiger partial charge in [-0.2, -0.15) is 0 Å². The van der Waals surface area contributed by atoms with Crippen LogP contribution in [0.15, 0.2) is 18.2 Å². The van der Waals surface area contributed by atoms with E-state index in [0.29, 0.717) is 5.02 Å². The van der Waals surface area contributed by atoms with Crippen LogP contribution in [0.5, 0.6) is 5.75 Å². The van der Waals surface area contributed by atoms with Crippen molar-refractivity contribution in [1.82, 2.24) is 10.9 Å². The Kier molecular flexibility index (Phi) is 5.59. The highest BCUT2D eigenvalue weighted by molar-refractivity contribution is 6.31. The maximum Gasteiger partial charge on any atom is 0.273 e. The molecule has 0 saturated heterocycles. The number of benzene rings is 1. The molecule has 0 spiro atoms. The Morgan fingerprint density at radius 3 is 2.74 bits per heavy atom. The van der Waals surface area contributed by atoms with Crippen LogP contribution < -0.4 is 10.9 Å². The Morgan fingerprint density at radius 2 is 2.11 bits per heavy atom. The second-order valence-electron chi connectivity index (χ2n) is 3.91. The summed E-state index contributed by atoms with van der Waals surface area (Å²) in [5, 5.41) is 9.81. The van der Waals surface area contributed by atoms with Gasteiger partial charge in [-0.05, 0) is 25.1 Å². The molecule has 0 saturated carbocycles.